The number of aryl methyl sites for hydroxylation is 1. The van der Waals surface area contributed by atoms with Gasteiger partial charge >= 0.3 is 5.97 Å². The lowest BCUT2D eigenvalue weighted by Crippen LogP contribution is -2.36. The van der Waals surface area contributed by atoms with Crippen LogP contribution in [0.2, 0.25) is 0 Å². The molecule has 2 N–H and O–H groups in total. The van der Waals surface area contributed by atoms with E-state index in [9.17, 15) is 4.79 Å². The predicted octanol–water partition coefficient (Wildman–Crippen LogP) is 1.39. The monoisotopic (exact) mass is 292 g/mol. The largest absolute Gasteiger partial charge is 0.481 e. The highest BCUT2D eigenvalue weighted by Crippen LogP contribution is 2.24. The molecule has 2 aliphatic rings. The fourth-order valence-corrected chi connectivity index (χ4v) is 3.52. The van der Waals surface area contributed by atoms with Crippen molar-refractivity contribution in [2.45, 2.75) is 64.0 Å². The molecule has 1 saturated carbocycles. The summed E-state index contributed by atoms with van der Waals surface area (Å²) >= 11 is 0. The second-order valence-electron chi connectivity index (χ2n) is 6.25. The summed E-state index contributed by atoms with van der Waals surface area (Å²) in [5.74, 6) is -0.770. The third-order valence-corrected chi connectivity index (χ3v) is 4.83. The number of hydrogen-bond donors (Lipinski definition) is 2. The molecule has 116 valence electrons. The maximum Gasteiger partial charge on any atom is 0.306 e. The minimum Gasteiger partial charge on any atom is -0.481 e. The van der Waals surface area contributed by atoms with Crippen LogP contribution in [0.5, 0.6) is 0 Å². The number of rotatable bonds is 5. The fourth-order valence-electron chi connectivity index (χ4n) is 3.52. The first-order valence-electron chi connectivity index (χ1n) is 8.11. The highest BCUT2D eigenvalue weighted by atomic mass is 16.4. The third-order valence-electron chi connectivity index (χ3n) is 4.83. The number of carboxylic acid groups (broad SMARTS) is 1. The van der Waals surface area contributed by atoms with E-state index in [4.69, 9.17) is 5.11 Å². The first kappa shape index (κ1) is 14.5. The Hall–Kier alpha value is -1.43. The number of carboxylic acids is 1. The molecule has 6 nitrogen and oxygen atoms in total. The molecule has 0 radical (unpaired) electrons. The molecular weight excluding hydrogens is 268 g/mol. The second kappa shape index (κ2) is 6.56. The quantitative estimate of drug-likeness (QED) is 0.857. The second-order valence-corrected chi connectivity index (χ2v) is 6.25. The van der Waals surface area contributed by atoms with E-state index in [1.165, 1.54) is 24.2 Å². The zero-order valence-electron chi connectivity index (χ0n) is 12.4. The molecule has 0 aromatic carbocycles. The number of fused-ring (bicyclic) bond motifs is 1. The van der Waals surface area contributed by atoms with E-state index in [-0.39, 0.29) is 5.92 Å². The van der Waals surface area contributed by atoms with Crippen LogP contribution in [0.1, 0.15) is 49.9 Å². The molecule has 0 saturated heterocycles. The van der Waals surface area contributed by atoms with Gasteiger partial charge in [-0.2, -0.15) is 0 Å². The zero-order valence-corrected chi connectivity index (χ0v) is 12.4. The first-order chi connectivity index (χ1) is 10.2. The van der Waals surface area contributed by atoms with Crippen LogP contribution in [0.3, 0.4) is 0 Å². The number of carbonyl (C=O) groups is 1. The van der Waals surface area contributed by atoms with Crippen LogP contribution >= 0.6 is 0 Å². The summed E-state index contributed by atoms with van der Waals surface area (Å²) < 4.78 is 2.05. The minimum absolute atomic E-state index is 0.134. The summed E-state index contributed by atoms with van der Waals surface area (Å²) in [7, 11) is 0. The lowest BCUT2D eigenvalue weighted by atomic mass is 9.86. The molecule has 0 unspecified atom stereocenters. The SMILES string of the molecule is O=C(O)C1CCC(NCCn2nnc3c2CCCC3)CC1. The van der Waals surface area contributed by atoms with Crippen LogP contribution in [-0.2, 0) is 24.2 Å². The van der Waals surface area contributed by atoms with Gasteiger partial charge in [0.1, 0.15) is 0 Å². The summed E-state index contributed by atoms with van der Waals surface area (Å²) in [6.45, 7) is 1.75. The number of hydrogen-bond acceptors (Lipinski definition) is 4. The van der Waals surface area contributed by atoms with Gasteiger partial charge in [0.05, 0.1) is 23.9 Å². The molecule has 3 rings (SSSR count). The highest BCUT2D eigenvalue weighted by molar-refractivity contribution is 5.70. The molecule has 0 atom stereocenters. The van der Waals surface area contributed by atoms with E-state index >= 15 is 0 Å². The van der Waals surface area contributed by atoms with Gasteiger partial charge in [-0.05, 0) is 51.4 Å². The van der Waals surface area contributed by atoms with Crippen molar-refractivity contribution in [1.29, 1.82) is 0 Å². The topological polar surface area (TPSA) is 80.0 Å². The molecule has 0 amide bonds. The van der Waals surface area contributed by atoms with Crippen LogP contribution in [0, 0.1) is 5.92 Å². The van der Waals surface area contributed by atoms with Crippen molar-refractivity contribution in [2.75, 3.05) is 6.54 Å². The summed E-state index contributed by atoms with van der Waals surface area (Å²) in [6.07, 6.45) is 8.17. The number of aromatic nitrogens is 3. The van der Waals surface area contributed by atoms with Gasteiger partial charge in [-0.1, -0.05) is 5.21 Å². The molecule has 1 fully saturated rings. The molecule has 6 heteroatoms. The van der Waals surface area contributed by atoms with Crippen LogP contribution < -0.4 is 5.32 Å². The molecular formula is C15H24N4O2. The van der Waals surface area contributed by atoms with Gasteiger partial charge in [0.25, 0.3) is 0 Å². The molecule has 0 bridgehead atoms. The van der Waals surface area contributed by atoms with E-state index < -0.39 is 5.97 Å². The number of nitrogens with zero attached hydrogens (tertiary/aromatic N) is 3. The molecule has 1 aromatic rings. The van der Waals surface area contributed by atoms with Crippen molar-refractivity contribution in [1.82, 2.24) is 20.3 Å². The average molecular weight is 292 g/mol. The van der Waals surface area contributed by atoms with Crippen molar-refractivity contribution in [2.24, 2.45) is 5.92 Å². The minimum atomic E-state index is -0.636. The summed E-state index contributed by atoms with van der Waals surface area (Å²) in [5.41, 5.74) is 2.50. The van der Waals surface area contributed by atoms with E-state index in [0.717, 1.165) is 51.6 Å². The van der Waals surface area contributed by atoms with E-state index in [2.05, 4.69) is 15.6 Å². The fraction of sp³-hybridized carbons (Fsp3) is 0.800. The third kappa shape index (κ3) is 3.43. The normalized spacial score (nSPS) is 25.5. The van der Waals surface area contributed by atoms with E-state index in [1.807, 2.05) is 4.68 Å². The molecule has 1 aromatic heterocycles. The molecule has 21 heavy (non-hydrogen) atoms. The standard InChI is InChI=1S/C15H24N4O2/c20-15(21)11-5-7-12(8-6-11)16-9-10-19-14-4-2-1-3-13(14)17-18-19/h11-12,16H,1-10H2,(H,20,21). The Morgan fingerprint density at radius 2 is 2.00 bits per heavy atom. The van der Waals surface area contributed by atoms with Crippen LogP contribution in [0.4, 0.5) is 0 Å². The zero-order chi connectivity index (χ0) is 14.7. The predicted molar refractivity (Wildman–Crippen MR) is 78.0 cm³/mol. The Bertz CT molecular complexity index is 492. The molecule has 0 aliphatic heterocycles. The summed E-state index contributed by atoms with van der Waals surface area (Å²) in [4.78, 5) is 10.9. The van der Waals surface area contributed by atoms with Crippen molar-refractivity contribution < 1.29 is 9.90 Å². The van der Waals surface area contributed by atoms with E-state index in [1.54, 1.807) is 0 Å². The van der Waals surface area contributed by atoms with Crippen LogP contribution in [0.15, 0.2) is 0 Å². The Balaban J connectivity index is 1.43. The average Bonchev–Trinajstić information content (AvgIpc) is 2.91. The molecule has 2 aliphatic carbocycles. The lowest BCUT2D eigenvalue weighted by molar-refractivity contribution is -0.142. The van der Waals surface area contributed by atoms with Gasteiger partial charge in [-0.25, -0.2) is 4.68 Å². The Morgan fingerprint density at radius 1 is 1.24 bits per heavy atom. The lowest BCUT2D eigenvalue weighted by Gasteiger charge is -2.27. The molecule has 0 spiro atoms. The number of nitrogens with one attached hydrogen (secondary N) is 1. The van der Waals surface area contributed by atoms with Gasteiger partial charge in [-0.15, -0.1) is 5.10 Å². The van der Waals surface area contributed by atoms with Crippen LogP contribution in [0.25, 0.3) is 0 Å². The van der Waals surface area contributed by atoms with Crippen molar-refractivity contribution >= 4 is 5.97 Å². The van der Waals surface area contributed by atoms with Gasteiger partial charge in [0.15, 0.2) is 0 Å². The maximum atomic E-state index is 10.9. The highest BCUT2D eigenvalue weighted by Gasteiger charge is 2.25. The number of aliphatic carboxylic acids is 1. The van der Waals surface area contributed by atoms with Crippen molar-refractivity contribution in [3.63, 3.8) is 0 Å². The summed E-state index contributed by atoms with van der Waals surface area (Å²) in [5, 5.41) is 21.1. The first-order valence-corrected chi connectivity index (χ1v) is 8.11. The van der Waals surface area contributed by atoms with Gasteiger partial charge in [0.2, 0.25) is 0 Å². The van der Waals surface area contributed by atoms with Gasteiger partial charge in [0, 0.05) is 12.6 Å². The van der Waals surface area contributed by atoms with Crippen LogP contribution in [-0.4, -0.2) is 38.7 Å². The summed E-state index contributed by atoms with van der Waals surface area (Å²) in [6, 6.07) is 0.458. The smallest absolute Gasteiger partial charge is 0.306 e. The van der Waals surface area contributed by atoms with Crippen molar-refractivity contribution in [3.8, 4) is 0 Å². The Morgan fingerprint density at radius 3 is 2.76 bits per heavy atom. The van der Waals surface area contributed by atoms with E-state index in [0.29, 0.717) is 6.04 Å². The molecule has 1 heterocycles. The van der Waals surface area contributed by atoms with Gasteiger partial charge in [-0.3, -0.25) is 4.79 Å². The Labute approximate surface area is 124 Å². The maximum absolute atomic E-state index is 10.9. The Kier molecular flexibility index (Phi) is 4.53. The van der Waals surface area contributed by atoms with Crippen molar-refractivity contribution in [3.05, 3.63) is 11.4 Å². The van der Waals surface area contributed by atoms with Gasteiger partial charge < -0.3 is 10.4 Å².